The first-order valence-electron chi connectivity index (χ1n) is 4.65. The van der Waals surface area contributed by atoms with Gasteiger partial charge >= 0.3 is 5.69 Å². The van der Waals surface area contributed by atoms with E-state index in [9.17, 15) is 9.59 Å². The van der Waals surface area contributed by atoms with E-state index in [2.05, 4.69) is 5.32 Å². The molecule has 6 heteroatoms. The standard InChI is InChI=1S/C9H14ClN3O2/c1-4-6(10)11-7-5-8(14)13(3)9(15)12(7)2/h5-6,11H,4H2,1-3H3. The Labute approximate surface area is 92.3 Å². The molecule has 1 unspecified atom stereocenters. The summed E-state index contributed by atoms with van der Waals surface area (Å²) in [6.07, 6.45) is 0.699. The monoisotopic (exact) mass is 231 g/mol. The largest absolute Gasteiger partial charge is 0.355 e. The van der Waals surface area contributed by atoms with Gasteiger partial charge < -0.3 is 5.32 Å². The van der Waals surface area contributed by atoms with E-state index in [1.165, 1.54) is 17.7 Å². The van der Waals surface area contributed by atoms with Crippen LogP contribution in [0.3, 0.4) is 0 Å². The van der Waals surface area contributed by atoms with E-state index < -0.39 is 0 Å². The molecule has 1 rings (SSSR count). The van der Waals surface area contributed by atoms with E-state index in [0.717, 1.165) is 4.57 Å². The van der Waals surface area contributed by atoms with Crippen molar-refractivity contribution in [1.82, 2.24) is 9.13 Å². The molecule has 0 aliphatic carbocycles. The molecule has 84 valence electrons. The molecule has 0 radical (unpaired) electrons. The number of rotatable bonds is 3. The van der Waals surface area contributed by atoms with Crippen LogP contribution in [0.1, 0.15) is 13.3 Å². The van der Waals surface area contributed by atoms with Crippen LogP contribution in [0.4, 0.5) is 5.82 Å². The molecule has 1 heterocycles. The molecule has 0 saturated heterocycles. The summed E-state index contributed by atoms with van der Waals surface area (Å²) in [7, 11) is 3.02. The molecule has 0 aromatic carbocycles. The van der Waals surface area contributed by atoms with Crippen molar-refractivity contribution < 1.29 is 0 Å². The number of nitrogens with zero attached hydrogens (tertiary/aromatic N) is 2. The normalized spacial score (nSPS) is 12.5. The third-order valence-electron chi connectivity index (χ3n) is 2.19. The van der Waals surface area contributed by atoms with Crippen LogP contribution in [-0.4, -0.2) is 14.6 Å². The quantitative estimate of drug-likeness (QED) is 0.608. The van der Waals surface area contributed by atoms with E-state index in [0.29, 0.717) is 12.2 Å². The van der Waals surface area contributed by atoms with Crippen molar-refractivity contribution >= 4 is 17.4 Å². The number of hydrogen-bond acceptors (Lipinski definition) is 3. The van der Waals surface area contributed by atoms with Crippen molar-refractivity contribution in [3.63, 3.8) is 0 Å². The molecule has 0 spiro atoms. The summed E-state index contributed by atoms with van der Waals surface area (Å²) in [4.78, 5) is 22.9. The Bertz CT molecular complexity index is 463. The van der Waals surface area contributed by atoms with Crippen molar-refractivity contribution in [2.45, 2.75) is 18.8 Å². The van der Waals surface area contributed by atoms with Crippen LogP contribution >= 0.6 is 11.6 Å². The number of anilines is 1. The SMILES string of the molecule is CCC(Cl)Nc1cc(=O)n(C)c(=O)n1C. The van der Waals surface area contributed by atoms with E-state index in [1.54, 1.807) is 7.05 Å². The predicted molar refractivity (Wildman–Crippen MR) is 60.5 cm³/mol. The molecule has 0 saturated carbocycles. The lowest BCUT2D eigenvalue weighted by atomic mass is 10.4. The highest BCUT2D eigenvalue weighted by Gasteiger charge is 2.08. The zero-order chi connectivity index (χ0) is 11.6. The fraction of sp³-hybridized carbons (Fsp3) is 0.556. The zero-order valence-corrected chi connectivity index (χ0v) is 9.71. The van der Waals surface area contributed by atoms with Crippen LogP contribution < -0.4 is 16.6 Å². The van der Waals surface area contributed by atoms with E-state index in [4.69, 9.17) is 11.6 Å². The molecule has 0 aliphatic heterocycles. The van der Waals surface area contributed by atoms with Crippen molar-refractivity contribution in [3.05, 3.63) is 26.9 Å². The van der Waals surface area contributed by atoms with Gasteiger partial charge in [-0.25, -0.2) is 4.79 Å². The van der Waals surface area contributed by atoms with Gasteiger partial charge in [0.15, 0.2) is 0 Å². The van der Waals surface area contributed by atoms with Gasteiger partial charge in [-0.3, -0.25) is 13.9 Å². The summed E-state index contributed by atoms with van der Waals surface area (Å²) in [5.74, 6) is 0.435. The summed E-state index contributed by atoms with van der Waals surface area (Å²) in [5, 5.41) is 2.88. The van der Waals surface area contributed by atoms with Gasteiger partial charge in [-0.15, -0.1) is 0 Å². The maximum absolute atomic E-state index is 11.5. The summed E-state index contributed by atoms with van der Waals surface area (Å²) in [5.41, 5.74) is -1.01. The summed E-state index contributed by atoms with van der Waals surface area (Å²) >= 11 is 5.88. The Morgan fingerprint density at radius 2 is 2.00 bits per heavy atom. The average molecular weight is 232 g/mol. The van der Waals surface area contributed by atoms with Gasteiger partial charge in [0, 0.05) is 20.2 Å². The van der Waals surface area contributed by atoms with E-state index in [-0.39, 0.29) is 16.8 Å². The molecular weight excluding hydrogens is 218 g/mol. The lowest BCUT2D eigenvalue weighted by Crippen LogP contribution is -2.38. The maximum Gasteiger partial charge on any atom is 0.332 e. The molecular formula is C9H14ClN3O2. The molecule has 1 atom stereocenters. The second kappa shape index (κ2) is 4.53. The first-order chi connectivity index (χ1) is 6.97. The highest BCUT2D eigenvalue weighted by Crippen LogP contribution is 2.06. The van der Waals surface area contributed by atoms with Gasteiger partial charge in [0.05, 0.1) is 0 Å². The van der Waals surface area contributed by atoms with Crippen LogP contribution in [0.15, 0.2) is 15.7 Å². The van der Waals surface area contributed by atoms with Gasteiger partial charge in [0.25, 0.3) is 5.56 Å². The van der Waals surface area contributed by atoms with Gasteiger partial charge in [-0.2, -0.15) is 0 Å². The predicted octanol–water partition coefficient (Wildman–Crippen LogP) is 0.471. The molecule has 1 aromatic rings. The topological polar surface area (TPSA) is 56.0 Å². The minimum atomic E-state index is -0.370. The molecule has 15 heavy (non-hydrogen) atoms. The van der Waals surface area contributed by atoms with E-state index >= 15 is 0 Å². The Morgan fingerprint density at radius 1 is 1.40 bits per heavy atom. The lowest BCUT2D eigenvalue weighted by Gasteiger charge is -2.14. The fourth-order valence-electron chi connectivity index (χ4n) is 1.13. The van der Waals surface area contributed by atoms with Crippen molar-refractivity contribution in [1.29, 1.82) is 0 Å². The average Bonchev–Trinajstić information content (AvgIpc) is 2.22. The molecule has 0 aliphatic rings. The summed E-state index contributed by atoms with van der Waals surface area (Å²) in [6.45, 7) is 1.91. The highest BCUT2D eigenvalue weighted by atomic mass is 35.5. The third kappa shape index (κ3) is 2.41. The molecule has 1 N–H and O–H groups in total. The third-order valence-corrected chi connectivity index (χ3v) is 2.61. The van der Waals surface area contributed by atoms with Gasteiger partial charge in [-0.05, 0) is 6.42 Å². The second-order valence-corrected chi connectivity index (χ2v) is 3.82. The maximum atomic E-state index is 11.5. The Balaban J connectivity index is 3.21. The highest BCUT2D eigenvalue weighted by molar-refractivity contribution is 6.21. The molecule has 1 aromatic heterocycles. The number of nitrogens with one attached hydrogen (secondary N) is 1. The number of alkyl halides is 1. The minimum absolute atomic E-state index is 0.289. The number of hydrogen-bond donors (Lipinski definition) is 1. The number of halogens is 1. The Kier molecular flexibility index (Phi) is 3.57. The summed E-state index contributed by atoms with van der Waals surface area (Å²) in [6, 6.07) is 1.35. The zero-order valence-electron chi connectivity index (χ0n) is 8.95. The Hall–Kier alpha value is -1.23. The lowest BCUT2D eigenvalue weighted by molar-refractivity contribution is 0.685. The summed E-state index contributed by atoms with van der Waals surface area (Å²) < 4.78 is 2.40. The molecule has 0 bridgehead atoms. The van der Waals surface area contributed by atoms with Crippen LogP contribution in [0.25, 0.3) is 0 Å². The van der Waals surface area contributed by atoms with Crippen molar-refractivity contribution in [2.75, 3.05) is 5.32 Å². The van der Waals surface area contributed by atoms with Crippen LogP contribution in [0.5, 0.6) is 0 Å². The van der Waals surface area contributed by atoms with Crippen molar-refractivity contribution in [2.24, 2.45) is 14.1 Å². The first kappa shape index (κ1) is 11.8. The minimum Gasteiger partial charge on any atom is -0.355 e. The first-order valence-corrected chi connectivity index (χ1v) is 5.08. The molecule has 0 fully saturated rings. The van der Waals surface area contributed by atoms with Crippen LogP contribution in [0.2, 0.25) is 0 Å². The van der Waals surface area contributed by atoms with E-state index in [1.807, 2.05) is 6.92 Å². The molecule has 0 amide bonds. The van der Waals surface area contributed by atoms with Crippen molar-refractivity contribution in [3.8, 4) is 0 Å². The van der Waals surface area contributed by atoms with Gasteiger partial charge in [0.2, 0.25) is 0 Å². The number of aromatic nitrogens is 2. The smallest absolute Gasteiger partial charge is 0.332 e. The second-order valence-electron chi connectivity index (χ2n) is 3.29. The Morgan fingerprint density at radius 3 is 2.53 bits per heavy atom. The van der Waals surface area contributed by atoms with Gasteiger partial charge in [0.1, 0.15) is 11.3 Å². The van der Waals surface area contributed by atoms with Crippen LogP contribution in [0, 0.1) is 0 Å². The molecule has 5 nitrogen and oxygen atoms in total. The van der Waals surface area contributed by atoms with Crippen LogP contribution in [-0.2, 0) is 14.1 Å². The van der Waals surface area contributed by atoms with Gasteiger partial charge in [-0.1, -0.05) is 18.5 Å². The fourth-order valence-corrected chi connectivity index (χ4v) is 1.25.